The summed E-state index contributed by atoms with van der Waals surface area (Å²) in [5.41, 5.74) is 0.620. The van der Waals surface area contributed by atoms with Crippen molar-refractivity contribution in [1.29, 1.82) is 0 Å². The molecule has 0 aliphatic rings. The molecule has 0 fully saturated rings. The molecule has 14 heavy (non-hydrogen) atoms. The van der Waals surface area contributed by atoms with Gasteiger partial charge in [-0.1, -0.05) is 0 Å². The van der Waals surface area contributed by atoms with Crippen molar-refractivity contribution in [1.82, 2.24) is 4.98 Å². The Kier molecular flexibility index (Phi) is 2.18. The average molecular weight is 247 g/mol. The topological polar surface area (TPSA) is 70.2 Å². The number of nitrogens with one attached hydrogen (secondary N) is 1. The Labute approximate surface area is 89.0 Å². The van der Waals surface area contributed by atoms with E-state index in [9.17, 15) is 8.42 Å². The number of aromatic amines is 1. The Bertz CT molecular complexity index is 637. The van der Waals surface area contributed by atoms with Gasteiger partial charge in [0.2, 0.25) is 0 Å². The maximum atomic E-state index is 10.8. The molecule has 0 amide bonds. The van der Waals surface area contributed by atoms with Crippen LogP contribution in [0.1, 0.15) is 0 Å². The summed E-state index contributed by atoms with van der Waals surface area (Å²) in [5, 5.41) is 0. The largest absolute Gasteiger partial charge is 0.337 e. The van der Waals surface area contributed by atoms with E-state index < -0.39 is 10.1 Å². The fraction of sp³-hybridized carbons (Fsp3) is 0. The second-order valence-electron chi connectivity index (χ2n) is 2.65. The standard InChI is InChI=1S/C7H5NO3S3/c9-14(10,11)4-1-2-6-5(3-4)8-7(12)13-6/h1-3H,(H,8,12)(H,9,10,11). The predicted molar refractivity (Wildman–Crippen MR) is 56.8 cm³/mol. The lowest BCUT2D eigenvalue weighted by atomic mass is 10.3. The van der Waals surface area contributed by atoms with Gasteiger partial charge in [-0.05, 0) is 30.4 Å². The average Bonchev–Trinajstić information content (AvgIpc) is 2.41. The number of hydrogen-bond donors (Lipinski definition) is 2. The number of hydrogen-bond acceptors (Lipinski definition) is 4. The molecule has 2 aromatic rings. The van der Waals surface area contributed by atoms with E-state index in [2.05, 4.69) is 4.98 Å². The van der Waals surface area contributed by atoms with Crippen LogP contribution in [0.25, 0.3) is 10.2 Å². The second-order valence-corrected chi connectivity index (χ2v) is 5.79. The quantitative estimate of drug-likeness (QED) is 0.598. The van der Waals surface area contributed by atoms with Gasteiger partial charge in [0.1, 0.15) is 0 Å². The summed E-state index contributed by atoms with van der Waals surface area (Å²) < 4.78 is 31.8. The molecule has 0 radical (unpaired) electrons. The van der Waals surface area contributed by atoms with Crippen LogP contribution in [-0.4, -0.2) is 18.0 Å². The lowest BCUT2D eigenvalue weighted by Gasteiger charge is -1.95. The van der Waals surface area contributed by atoms with Crippen LogP contribution < -0.4 is 0 Å². The number of aromatic nitrogens is 1. The molecule has 1 heterocycles. The van der Waals surface area contributed by atoms with Crippen LogP contribution in [0.3, 0.4) is 0 Å². The molecule has 0 unspecified atom stereocenters. The molecule has 74 valence electrons. The van der Waals surface area contributed by atoms with E-state index in [0.29, 0.717) is 9.47 Å². The molecule has 1 aromatic carbocycles. The summed E-state index contributed by atoms with van der Waals surface area (Å²) in [5.74, 6) is 0. The van der Waals surface area contributed by atoms with Crippen LogP contribution in [0.4, 0.5) is 0 Å². The smallest absolute Gasteiger partial charge is 0.294 e. The molecule has 0 spiro atoms. The van der Waals surface area contributed by atoms with Gasteiger partial charge >= 0.3 is 0 Å². The molecule has 0 saturated heterocycles. The Hall–Kier alpha value is -0.760. The SMILES string of the molecule is O=S(=O)(O)c1ccc2sc(=S)[nH]c2c1. The Morgan fingerprint density at radius 3 is 2.79 bits per heavy atom. The van der Waals surface area contributed by atoms with E-state index in [1.165, 1.54) is 23.5 Å². The molecular weight excluding hydrogens is 242 g/mol. The molecule has 0 aliphatic carbocycles. The zero-order valence-corrected chi connectivity index (χ0v) is 9.17. The van der Waals surface area contributed by atoms with Crippen LogP contribution in [0.5, 0.6) is 0 Å². The zero-order valence-electron chi connectivity index (χ0n) is 6.72. The van der Waals surface area contributed by atoms with Gasteiger partial charge in [0, 0.05) is 0 Å². The highest BCUT2D eigenvalue weighted by molar-refractivity contribution is 7.85. The minimum Gasteiger partial charge on any atom is -0.337 e. The molecule has 0 bridgehead atoms. The fourth-order valence-corrected chi connectivity index (χ4v) is 2.69. The first-order chi connectivity index (χ1) is 6.47. The molecule has 2 rings (SSSR count). The third-order valence-corrected chi connectivity index (χ3v) is 3.75. The van der Waals surface area contributed by atoms with Gasteiger partial charge in [0.05, 0.1) is 15.1 Å². The lowest BCUT2D eigenvalue weighted by molar-refractivity contribution is 0.483. The lowest BCUT2D eigenvalue weighted by Crippen LogP contribution is -1.96. The van der Waals surface area contributed by atoms with E-state index in [4.69, 9.17) is 16.8 Å². The van der Waals surface area contributed by atoms with Crippen LogP contribution in [-0.2, 0) is 10.1 Å². The highest BCUT2D eigenvalue weighted by atomic mass is 32.2. The van der Waals surface area contributed by atoms with Crippen molar-refractivity contribution in [2.45, 2.75) is 4.90 Å². The summed E-state index contributed by atoms with van der Waals surface area (Å²) in [6.07, 6.45) is 0. The number of rotatable bonds is 1. The van der Waals surface area contributed by atoms with Crippen LogP contribution in [0, 0.1) is 3.95 Å². The van der Waals surface area contributed by atoms with E-state index in [1.54, 1.807) is 6.07 Å². The highest BCUT2D eigenvalue weighted by Crippen LogP contribution is 2.22. The molecule has 0 atom stereocenters. The van der Waals surface area contributed by atoms with E-state index in [-0.39, 0.29) is 4.90 Å². The van der Waals surface area contributed by atoms with Crippen LogP contribution in [0.2, 0.25) is 0 Å². The van der Waals surface area contributed by atoms with Crippen molar-refractivity contribution in [2.75, 3.05) is 0 Å². The molecule has 2 N–H and O–H groups in total. The maximum Gasteiger partial charge on any atom is 0.294 e. The van der Waals surface area contributed by atoms with Crippen molar-refractivity contribution >= 4 is 43.9 Å². The van der Waals surface area contributed by atoms with Crippen molar-refractivity contribution in [3.63, 3.8) is 0 Å². The van der Waals surface area contributed by atoms with Crippen LogP contribution in [0.15, 0.2) is 23.1 Å². The predicted octanol–water partition coefficient (Wildman–Crippen LogP) is 2.21. The van der Waals surface area contributed by atoms with Gasteiger partial charge < -0.3 is 4.98 Å². The third kappa shape index (κ3) is 1.71. The minimum atomic E-state index is -4.13. The fourth-order valence-electron chi connectivity index (χ4n) is 1.09. The van der Waals surface area contributed by atoms with Gasteiger partial charge in [0.25, 0.3) is 10.1 Å². The van der Waals surface area contributed by atoms with Crippen molar-refractivity contribution < 1.29 is 13.0 Å². The van der Waals surface area contributed by atoms with E-state index >= 15 is 0 Å². The summed E-state index contributed by atoms with van der Waals surface area (Å²) >= 11 is 6.25. The highest BCUT2D eigenvalue weighted by Gasteiger charge is 2.10. The summed E-state index contributed by atoms with van der Waals surface area (Å²) in [6, 6.07) is 4.31. The first-order valence-electron chi connectivity index (χ1n) is 3.57. The van der Waals surface area contributed by atoms with Crippen molar-refractivity contribution in [3.05, 3.63) is 22.2 Å². The zero-order chi connectivity index (χ0) is 10.3. The number of thiazole rings is 1. The number of fused-ring (bicyclic) bond motifs is 1. The van der Waals surface area contributed by atoms with E-state index in [1.807, 2.05) is 0 Å². The molecule has 7 heteroatoms. The maximum absolute atomic E-state index is 10.8. The summed E-state index contributed by atoms with van der Waals surface area (Å²) in [7, 11) is -4.13. The van der Waals surface area contributed by atoms with Crippen molar-refractivity contribution in [3.8, 4) is 0 Å². The van der Waals surface area contributed by atoms with Crippen LogP contribution >= 0.6 is 23.6 Å². The first kappa shape index (κ1) is 9.78. The summed E-state index contributed by atoms with van der Waals surface area (Å²) in [6.45, 7) is 0. The molecule has 0 saturated carbocycles. The Morgan fingerprint density at radius 2 is 2.14 bits per heavy atom. The number of benzene rings is 1. The second kappa shape index (κ2) is 3.13. The monoisotopic (exact) mass is 247 g/mol. The number of H-pyrrole nitrogens is 1. The Balaban J connectivity index is 2.80. The van der Waals surface area contributed by atoms with Gasteiger partial charge in [-0.3, -0.25) is 4.55 Å². The van der Waals surface area contributed by atoms with E-state index in [0.717, 1.165) is 4.70 Å². The molecular formula is C7H5NO3S3. The van der Waals surface area contributed by atoms with Gasteiger partial charge in [-0.2, -0.15) is 8.42 Å². The van der Waals surface area contributed by atoms with Gasteiger partial charge in [-0.25, -0.2) is 0 Å². The Morgan fingerprint density at radius 1 is 1.43 bits per heavy atom. The normalized spacial score (nSPS) is 12.1. The van der Waals surface area contributed by atoms with Gasteiger partial charge in [-0.15, -0.1) is 11.3 Å². The molecule has 0 aliphatic heterocycles. The first-order valence-corrected chi connectivity index (χ1v) is 6.24. The summed E-state index contributed by atoms with van der Waals surface area (Å²) in [4.78, 5) is 2.70. The third-order valence-electron chi connectivity index (χ3n) is 1.69. The minimum absolute atomic E-state index is 0.131. The van der Waals surface area contributed by atoms with Crippen molar-refractivity contribution in [2.24, 2.45) is 0 Å². The van der Waals surface area contributed by atoms with Gasteiger partial charge in [0.15, 0.2) is 3.95 Å². The molecule has 1 aromatic heterocycles. The molecule has 4 nitrogen and oxygen atoms in total.